The van der Waals surface area contributed by atoms with Gasteiger partial charge in [0.05, 0.1) is 12.0 Å². The lowest BCUT2D eigenvalue weighted by Gasteiger charge is -2.44. The Morgan fingerprint density at radius 1 is 0.938 bits per heavy atom. The van der Waals surface area contributed by atoms with Gasteiger partial charge in [0.25, 0.3) is 0 Å². The fourth-order valence-electron chi connectivity index (χ4n) is 5.32. The molecular weight excluding hydrogens is 402 g/mol. The molecule has 2 aromatic carbocycles. The topological polar surface area (TPSA) is 63.7 Å². The third kappa shape index (κ3) is 4.08. The van der Waals surface area contributed by atoms with Crippen LogP contribution in [0.15, 0.2) is 42.5 Å². The lowest BCUT2D eigenvalue weighted by atomic mass is 9.82. The van der Waals surface area contributed by atoms with E-state index in [1.54, 1.807) is 0 Å². The van der Waals surface area contributed by atoms with Gasteiger partial charge in [-0.1, -0.05) is 24.3 Å². The van der Waals surface area contributed by atoms with E-state index in [4.69, 9.17) is 4.74 Å². The number of piperidine rings is 1. The van der Waals surface area contributed by atoms with Crippen molar-refractivity contribution < 1.29 is 19.1 Å². The number of para-hydroxylation sites is 1. The Labute approximate surface area is 188 Å². The van der Waals surface area contributed by atoms with E-state index >= 15 is 0 Å². The summed E-state index contributed by atoms with van der Waals surface area (Å²) in [6.45, 7) is 1.11. The van der Waals surface area contributed by atoms with E-state index in [9.17, 15) is 14.4 Å². The molecule has 2 aromatic rings. The number of Topliss-reactive ketones (excluding diaryl/α,β-unsaturated/α-hetero) is 2. The van der Waals surface area contributed by atoms with Crippen LogP contribution in [0.1, 0.15) is 76.8 Å². The van der Waals surface area contributed by atoms with Gasteiger partial charge >= 0.3 is 0 Å². The van der Waals surface area contributed by atoms with Gasteiger partial charge in [-0.2, -0.15) is 0 Å². The summed E-state index contributed by atoms with van der Waals surface area (Å²) in [5.74, 6) is 0.813. The first-order valence-corrected chi connectivity index (χ1v) is 11.8. The molecule has 0 aromatic heterocycles. The normalized spacial score (nSPS) is 19.1. The van der Waals surface area contributed by atoms with E-state index in [-0.39, 0.29) is 30.3 Å². The fourth-order valence-corrected chi connectivity index (χ4v) is 5.32. The molecule has 2 aliphatic heterocycles. The smallest absolute Gasteiger partial charge is 0.223 e. The first kappa shape index (κ1) is 20.9. The predicted octanol–water partition coefficient (Wildman–Crippen LogP) is 4.55. The summed E-state index contributed by atoms with van der Waals surface area (Å²) in [4.78, 5) is 39.8. The fraction of sp³-hybridized carbons (Fsp3) is 0.444. The highest BCUT2D eigenvalue weighted by Crippen LogP contribution is 2.39. The Morgan fingerprint density at radius 2 is 1.69 bits per heavy atom. The number of likely N-dealkylation sites (tertiary alicyclic amines) is 1. The Kier molecular flexibility index (Phi) is 5.58. The van der Waals surface area contributed by atoms with Crippen molar-refractivity contribution in [1.29, 1.82) is 0 Å². The molecule has 1 saturated heterocycles. The molecule has 0 N–H and O–H groups in total. The van der Waals surface area contributed by atoms with Gasteiger partial charge in [-0.3, -0.25) is 14.4 Å². The molecule has 0 saturated carbocycles. The number of rotatable bonds is 4. The van der Waals surface area contributed by atoms with E-state index in [1.165, 1.54) is 24.0 Å². The molecule has 1 fully saturated rings. The first-order valence-electron chi connectivity index (χ1n) is 11.8. The van der Waals surface area contributed by atoms with Crippen molar-refractivity contribution in [3.63, 3.8) is 0 Å². The minimum Gasteiger partial charge on any atom is -0.486 e. The third-order valence-corrected chi connectivity index (χ3v) is 7.26. The van der Waals surface area contributed by atoms with Crippen LogP contribution in [-0.4, -0.2) is 41.1 Å². The number of ether oxygens (including phenoxy) is 1. The van der Waals surface area contributed by atoms with Crippen LogP contribution >= 0.6 is 0 Å². The Morgan fingerprint density at radius 3 is 2.50 bits per heavy atom. The zero-order valence-electron chi connectivity index (χ0n) is 18.4. The molecule has 5 rings (SSSR count). The summed E-state index contributed by atoms with van der Waals surface area (Å²) in [7, 11) is 0. The molecule has 3 aliphatic rings. The second-order valence-electron chi connectivity index (χ2n) is 9.38. The molecule has 0 atom stereocenters. The molecule has 166 valence electrons. The number of hydrogen-bond donors (Lipinski definition) is 0. The molecule has 1 aliphatic carbocycles. The second kappa shape index (κ2) is 8.53. The zero-order valence-corrected chi connectivity index (χ0v) is 18.4. The van der Waals surface area contributed by atoms with Gasteiger partial charge in [-0.05, 0) is 55.0 Å². The van der Waals surface area contributed by atoms with E-state index in [2.05, 4.69) is 6.07 Å². The first-order chi connectivity index (χ1) is 15.5. The molecule has 1 amide bonds. The van der Waals surface area contributed by atoms with E-state index < -0.39 is 5.60 Å². The van der Waals surface area contributed by atoms with Crippen molar-refractivity contribution in [2.24, 2.45) is 0 Å². The maximum Gasteiger partial charge on any atom is 0.223 e. The number of hydrogen-bond acceptors (Lipinski definition) is 4. The van der Waals surface area contributed by atoms with Crippen LogP contribution < -0.4 is 4.74 Å². The Bertz CT molecular complexity index is 1070. The highest BCUT2D eigenvalue weighted by molar-refractivity contribution is 6.00. The van der Waals surface area contributed by atoms with E-state index in [1.807, 2.05) is 41.3 Å². The number of benzene rings is 2. The minimum absolute atomic E-state index is 0.00805. The average molecular weight is 432 g/mol. The maximum absolute atomic E-state index is 12.8. The number of ketones is 2. The van der Waals surface area contributed by atoms with Crippen LogP contribution in [0.2, 0.25) is 0 Å². The lowest BCUT2D eigenvalue weighted by Crippen LogP contribution is -2.52. The molecule has 0 radical (unpaired) electrons. The summed E-state index contributed by atoms with van der Waals surface area (Å²) in [6.07, 6.45) is 6.64. The number of nitrogens with zero attached hydrogens (tertiary/aromatic N) is 1. The van der Waals surface area contributed by atoms with Crippen molar-refractivity contribution in [3.05, 3.63) is 64.7 Å². The van der Waals surface area contributed by atoms with Gasteiger partial charge in [-0.25, -0.2) is 0 Å². The maximum atomic E-state index is 12.8. The third-order valence-electron chi connectivity index (χ3n) is 7.26. The summed E-state index contributed by atoms with van der Waals surface area (Å²) in [5, 5.41) is 0. The molecule has 5 nitrogen and oxygen atoms in total. The summed E-state index contributed by atoms with van der Waals surface area (Å²) in [6, 6.07) is 13.4. The van der Waals surface area contributed by atoms with Crippen molar-refractivity contribution in [3.8, 4) is 5.75 Å². The number of amides is 1. The Hall–Kier alpha value is -2.95. The highest BCUT2D eigenvalue weighted by atomic mass is 16.5. The number of fused-ring (bicyclic) bond motifs is 2. The number of carbonyl (C=O) groups is 3. The average Bonchev–Trinajstić information content (AvgIpc) is 2.82. The van der Waals surface area contributed by atoms with Gasteiger partial charge < -0.3 is 9.64 Å². The molecular formula is C27H29NO4. The van der Waals surface area contributed by atoms with Gasteiger partial charge in [0, 0.05) is 44.3 Å². The van der Waals surface area contributed by atoms with Crippen LogP contribution in [0.3, 0.4) is 0 Å². The van der Waals surface area contributed by atoms with Crippen molar-refractivity contribution in [2.75, 3.05) is 13.1 Å². The predicted molar refractivity (Wildman–Crippen MR) is 121 cm³/mol. The molecule has 2 heterocycles. The molecule has 0 bridgehead atoms. The van der Waals surface area contributed by atoms with Crippen LogP contribution in [-0.2, 0) is 17.6 Å². The number of carbonyl (C=O) groups excluding carboxylic acids is 3. The minimum atomic E-state index is -0.513. The zero-order chi connectivity index (χ0) is 22.1. The largest absolute Gasteiger partial charge is 0.486 e. The Balaban J connectivity index is 1.15. The molecule has 1 spiro atoms. The summed E-state index contributed by atoms with van der Waals surface area (Å²) < 4.78 is 6.25. The second-order valence-corrected chi connectivity index (χ2v) is 9.38. The summed E-state index contributed by atoms with van der Waals surface area (Å²) >= 11 is 0. The SMILES string of the molecule is O=C(CCC(=O)N1CCC2(CC1)CC(=O)c1ccccc1O2)c1ccc2c(c1)CCCC2. The number of aryl methyl sites for hydroxylation is 2. The van der Waals surface area contributed by atoms with Crippen molar-refractivity contribution in [2.45, 2.75) is 63.4 Å². The van der Waals surface area contributed by atoms with Crippen LogP contribution in [0.4, 0.5) is 0 Å². The lowest BCUT2D eigenvalue weighted by molar-refractivity contribution is -0.134. The van der Waals surface area contributed by atoms with Gasteiger partial charge in [-0.15, -0.1) is 0 Å². The highest BCUT2D eigenvalue weighted by Gasteiger charge is 2.43. The standard InChI is InChI=1S/C27H29NO4/c29-23(21-10-9-19-5-1-2-6-20(19)17-21)11-12-26(31)28-15-13-27(14-16-28)18-24(30)22-7-3-4-8-25(22)32-27/h3-4,7-10,17H,1-2,5-6,11-16,18H2. The summed E-state index contributed by atoms with van der Waals surface area (Å²) in [5.41, 5.74) is 3.51. The van der Waals surface area contributed by atoms with Crippen LogP contribution in [0.25, 0.3) is 0 Å². The van der Waals surface area contributed by atoms with Gasteiger partial charge in [0.2, 0.25) is 5.91 Å². The molecule has 0 unspecified atom stereocenters. The van der Waals surface area contributed by atoms with Crippen LogP contribution in [0.5, 0.6) is 5.75 Å². The van der Waals surface area contributed by atoms with Crippen molar-refractivity contribution >= 4 is 17.5 Å². The quantitative estimate of drug-likeness (QED) is 0.666. The monoisotopic (exact) mass is 431 g/mol. The molecule has 5 heteroatoms. The van der Waals surface area contributed by atoms with Gasteiger partial charge in [0.15, 0.2) is 11.6 Å². The van der Waals surface area contributed by atoms with E-state index in [0.29, 0.717) is 43.7 Å². The van der Waals surface area contributed by atoms with Gasteiger partial charge in [0.1, 0.15) is 11.4 Å². The molecule has 32 heavy (non-hydrogen) atoms. The van der Waals surface area contributed by atoms with Crippen LogP contribution in [0, 0.1) is 0 Å². The van der Waals surface area contributed by atoms with Crippen molar-refractivity contribution in [1.82, 2.24) is 4.90 Å². The van der Waals surface area contributed by atoms with E-state index in [0.717, 1.165) is 18.4 Å².